The SMILES string of the molecule is CCOCCn1c(=NC(=O)c2cc(C)n(C(C)C)n2)sc2cc(OC)c(OC)cc21. The topological polar surface area (TPSA) is 79.9 Å². The van der Waals surface area contributed by atoms with E-state index in [1.807, 2.05) is 49.1 Å². The maximum atomic E-state index is 12.9. The zero-order valence-corrected chi connectivity index (χ0v) is 19.1. The van der Waals surface area contributed by atoms with Gasteiger partial charge in [-0.25, -0.2) is 0 Å². The second-order valence-corrected chi connectivity index (χ2v) is 8.04. The predicted molar refractivity (Wildman–Crippen MR) is 117 cm³/mol. The van der Waals surface area contributed by atoms with Gasteiger partial charge in [0.15, 0.2) is 22.0 Å². The first kappa shape index (κ1) is 22.0. The molecule has 9 heteroatoms. The Kier molecular flexibility index (Phi) is 6.94. The van der Waals surface area contributed by atoms with Crippen molar-refractivity contribution in [2.24, 2.45) is 4.99 Å². The molecular weight excluding hydrogens is 404 g/mol. The molecule has 2 heterocycles. The molecule has 1 amide bonds. The number of benzene rings is 1. The van der Waals surface area contributed by atoms with Gasteiger partial charge in [-0.15, -0.1) is 0 Å². The van der Waals surface area contributed by atoms with Gasteiger partial charge < -0.3 is 18.8 Å². The highest BCUT2D eigenvalue weighted by Gasteiger charge is 2.16. The Bertz CT molecular complexity index is 1110. The van der Waals surface area contributed by atoms with Crippen LogP contribution in [0.15, 0.2) is 23.2 Å². The van der Waals surface area contributed by atoms with Gasteiger partial charge in [-0.2, -0.15) is 10.1 Å². The molecule has 0 aliphatic heterocycles. The third kappa shape index (κ3) is 4.41. The van der Waals surface area contributed by atoms with Crippen LogP contribution in [0, 0.1) is 6.92 Å². The molecule has 3 rings (SSSR count). The van der Waals surface area contributed by atoms with Crippen molar-refractivity contribution in [2.75, 3.05) is 27.4 Å². The third-order valence-corrected chi connectivity index (χ3v) is 5.72. The molecular formula is C21H28N4O4S. The Morgan fingerprint density at radius 3 is 2.50 bits per heavy atom. The Morgan fingerprint density at radius 2 is 1.90 bits per heavy atom. The van der Waals surface area contributed by atoms with E-state index < -0.39 is 0 Å². The largest absolute Gasteiger partial charge is 0.493 e. The molecule has 0 N–H and O–H groups in total. The van der Waals surface area contributed by atoms with Crippen LogP contribution in [0.25, 0.3) is 10.2 Å². The van der Waals surface area contributed by atoms with Gasteiger partial charge in [0.1, 0.15) is 0 Å². The zero-order chi connectivity index (χ0) is 21.8. The van der Waals surface area contributed by atoms with Crippen molar-refractivity contribution in [3.8, 4) is 11.5 Å². The molecule has 162 valence electrons. The van der Waals surface area contributed by atoms with Gasteiger partial charge in [0.25, 0.3) is 5.91 Å². The summed E-state index contributed by atoms with van der Waals surface area (Å²) >= 11 is 1.42. The van der Waals surface area contributed by atoms with Crippen molar-refractivity contribution >= 4 is 27.5 Å². The molecule has 2 aromatic heterocycles. The molecule has 1 aromatic carbocycles. The van der Waals surface area contributed by atoms with Crippen LogP contribution < -0.4 is 14.3 Å². The molecule has 0 fully saturated rings. The van der Waals surface area contributed by atoms with Gasteiger partial charge in [0.05, 0.1) is 31.0 Å². The summed E-state index contributed by atoms with van der Waals surface area (Å²) in [5, 5.41) is 4.42. The third-order valence-electron chi connectivity index (χ3n) is 4.68. The van der Waals surface area contributed by atoms with Crippen molar-refractivity contribution in [1.82, 2.24) is 14.3 Å². The Balaban J connectivity index is 2.11. The quantitative estimate of drug-likeness (QED) is 0.508. The van der Waals surface area contributed by atoms with Crippen molar-refractivity contribution in [1.29, 1.82) is 0 Å². The van der Waals surface area contributed by atoms with Gasteiger partial charge in [-0.05, 0) is 33.8 Å². The summed E-state index contributed by atoms with van der Waals surface area (Å²) in [7, 11) is 3.20. The fourth-order valence-corrected chi connectivity index (χ4v) is 4.32. The van der Waals surface area contributed by atoms with E-state index in [4.69, 9.17) is 14.2 Å². The summed E-state index contributed by atoms with van der Waals surface area (Å²) in [4.78, 5) is 17.9. The number of carbonyl (C=O) groups is 1. The summed E-state index contributed by atoms with van der Waals surface area (Å²) in [5.41, 5.74) is 2.18. The van der Waals surface area contributed by atoms with E-state index in [0.29, 0.717) is 41.8 Å². The number of thiazole rings is 1. The van der Waals surface area contributed by atoms with Crippen molar-refractivity contribution in [3.63, 3.8) is 0 Å². The lowest BCUT2D eigenvalue weighted by Crippen LogP contribution is -2.20. The normalized spacial score (nSPS) is 12.2. The average Bonchev–Trinajstić information content (AvgIpc) is 3.27. The predicted octanol–water partition coefficient (Wildman–Crippen LogP) is 3.58. The van der Waals surface area contributed by atoms with Crippen LogP contribution in [-0.4, -0.2) is 47.7 Å². The summed E-state index contributed by atoms with van der Waals surface area (Å²) in [6, 6.07) is 5.75. The van der Waals surface area contributed by atoms with Crippen LogP contribution in [0.1, 0.15) is 43.0 Å². The number of amides is 1. The first-order valence-corrected chi connectivity index (χ1v) is 10.7. The van der Waals surface area contributed by atoms with E-state index in [1.54, 1.807) is 20.3 Å². The zero-order valence-electron chi connectivity index (χ0n) is 18.3. The molecule has 0 bridgehead atoms. The van der Waals surface area contributed by atoms with Crippen LogP contribution >= 0.6 is 11.3 Å². The first-order chi connectivity index (χ1) is 14.4. The van der Waals surface area contributed by atoms with Crippen LogP contribution in [0.2, 0.25) is 0 Å². The fourth-order valence-electron chi connectivity index (χ4n) is 3.26. The summed E-state index contributed by atoms with van der Waals surface area (Å²) in [6.45, 7) is 9.64. The highest BCUT2D eigenvalue weighted by Crippen LogP contribution is 2.33. The highest BCUT2D eigenvalue weighted by molar-refractivity contribution is 7.16. The summed E-state index contributed by atoms with van der Waals surface area (Å²) in [6.07, 6.45) is 0. The van der Waals surface area contributed by atoms with E-state index in [9.17, 15) is 4.79 Å². The second-order valence-electron chi connectivity index (χ2n) is 7.03. The second kappa shape index (κ2) is 9.44. The number of hydrogen-bond donors (Lipinski definition) is 0. The molecule has 0 aliphatic rings. The number of aromatic nitrogens is 3. The van der Waals surface area contributed by atoms with Gasteiger partial charge in [-0.3, -0.25) is 9.48 Å². The van der Waals surface area contributed by atoms with Gasteiger partial charge in [0, 0.05) is 37.0 Å². The summed E-state index contributed by atoms with van der Waals surface area (Å²) in [5.74, 6) is 0.887. The number of nitrogens with zero attached hydrogens (tertiary/aromatic N) is 4. The Morgan fingerprint density at radius 1 is 1.20 bits per heavy atom. The van der Waals surface area contributed by atoms with E-state index in [2.05, 4.69) is 10.1 Å². The number of methoxy groups -OCH3 is 2. The number of aryl methyl sites for hydroxylation is 1. The van der Waals surface area contributed by atoms with Crippen molar-refractivity contribution < 1.29 is 19.0 Å². The summed E-state index contributed by atoms with van der Waals surface area (Å²) < 4.78 is 21.1. The minimum Gasteiger partial charge on any atom is -0.493 e. The lowest BCUT2D eigenvalue weighted by atomic mass is 10.3. The monoisotopic (exact) mass is 432 g/mol. The lowest BCUT2D eigenvalue weighted by Gasteiger charge is -2.09. The Hall–Kier alpha value is -2.65. The van der Waals surface area contributed by atoms with E-state index in [0.717, 1.165) is 15.9 Å². The van der Waals surface area contributed by atoms with Gasteiger partial charge >= 0.3 is 0 Å². The molecule has 3 aromatic rings. The molecule has 0 radical (unpaired) electrons. The molecule has 0 unspecified atom stereocenters. The molecule has 0 spiro atoms. The standard InChI is InChI=1S/C21H28N4O4S/c1-7-29-9-8-24-16-11-17(27-5)18(28-6)12-19(16)30-21(24)22-20(26)15-10-14(4)25(23-15)13(2)3/h10-13H,7-9H2,1-6H3. The Labute approximate surface area is 179 Å². The number of carbonyl (C=O) groups excluding carboxylic acids is 1. The van der Waals surface area contributed by atoms with Crippen LogP contribution in [-0.2, 0) is 11.3 Å². The van der Waals surface area contributed by atoms with Crippen LogP contribution in [0.5, 0.6) is 11.5 Å². The minimum absolute atomic E-state index is 0.173. The van der Waals surface area contributed by atoms with E-state index in [-0.39, 0.29) is 11.9 Å². The highest BCUT2D eigenvalue weighted by atomic mass is 32.1. The molecule has 0 atom stereocenters. The van der Waals surface area contributed by atoms with E-state index >= 15 is 0 Å². The van der Waals surface area contributed by atoms with Crippen LogP contribution in [0.3, 0.4) is 0 Å². The number of hydrogen-bond acceptors (Lipinski definition) is 6. The minimum atomic E-state index is -0.367. The maximum Gasteiger partial charge on any atom is 0.300 e. The smallest absolute Gasteiger partial charge is 0.300 e. The molecule has 0 aliphatic carbocycles. The number of fused-ring (bicyclic) bond motifs is 1. The number of rotatable bonds is 8. The number of ether oxygens (including phenoxy) is 3. The molecule has 8 nitrogen and oxygen atoms in total. The van der Waals surface area contributed by atoms with E-state index in [1.165, 1.54) is 11.3 Å². The maximum absolute atomic E-state index is 12.9. The molecule has 0 saturated carbocycles. The van der Waals surface area contributed by atoms with Crippen LogP contribution in [0.4, 0.5) is 0 Å². The fraction of sp³-hybridized carbons (Fsp3) is 0.476. The van der Waals surface area contributed by atoms with Gasteiger partial charge in [0.2, 0.25) is 0 Å². The van der Waals surface area contributed by atoms with Crippen molar-refractivity contribution in [3.05, 3.63) is 34.4 Å². The molecule has 30 heavy (non-hydrogen) atoms. The average molecular weight is 433 g/mol. The van der Waals surface area contributed by atoms with Gasteiger partial charge in [-0.1, -0.05) is 11.3 Å². The molecule has 0 saturated heterocycles. The first-order valence-electron chi connectivity index (χ1n) is 9.87. The lowest BCUT2D eigenvalue weighted by molar-refractivity contribution is 0.0991. The van der Waals surface area contributed by atoms with Crippen molar-refractivity contribution in [2.45, 2.75) is 40.3 Å².